The van der Waals surface area contributed by atoms with Crippen molar-refractivity contribution in [1.29, 1.82) is 5.26 Å². The van der Waals surface area contributed by atoms with E-state index in [0.717, 1.165) is 17.7 Å². The molecule has 0 atom stereocenters. The number of pyridine rings is 1. The number of nitriles is 1. The molecule has 0 fully saturated rings. The molecule has 0 bridgehead atoms. The fourth-order valence-electron chi connectivity index (χ4n) is 1.58. The third-order valence-corrected chi connectivity index (χ3v) is 2.66. The highest BCUT2D eigenvalue weighted by molar-refractivity contribution is 5.43. The number of rotatable bonds is 3. The van der Waals surface area contributed by atoms with Crippen molar-refractivity contribution in [3.05, 3.63) is 59.4 Å². The summed E-state index contributed by atoms with van der Waals surface area (Å²) in [7, 11) is 0. The van der Waals surface area contributed by atoms with Gasteiger partial charge < -0.3 is 5.32 Å². The van der Waals surface area contributed by atoms with Crippen molar-refractivity contribution < 1.29 is 13.2 Å². The largest absolute Gasteiger partial charge is 0.416 e. The molecular formula is C14H10F3N3. The van der Waals surface area contributed by atoms with Crippen molar-refractivity contribution >= 4 is 5.69 Å². The van der Waals surface area contributed by atoms with Crippen molar-refractivity contribution in [2.45, 2.75) is 12.7 Å². The first-order chi connectivity index (χ1) is 9.49. The van der Waals surface area contributed by atoms with E-state index in [1.54, 1.807) is 12.1 Å². The highest BCUT2D eigenvalue weighted by Gasteiger charge is 2.29. The lowest BCUT2D eigenvalue weighted by Gasteiger charge is -2.09. The number of nitrogens with zero attached hydrogens (tertiary/aromatic N) is 2. The van der Waals surface area contributed by atoms with Gasteiger partial charge in [0.2, 0.25) is 0 Å². The summed E-state index contributed by atoms with van der Waals surface area (Å²) in [5, 5.41) is 11.6. The van der Waals surface area contributed by atoms with Crippen LogP contribution in [0.2, 0.25) is 0 Å². The summed E-state index contributed by atoms with van der Waals surface area (Å²) in [6, 6.07) is 10.1. The Morgan fingerprint density at radius 3 is 2.30 bits per heavy atom. The molecule has 20 heavy (non-hydrogen) atoms. The molecule has 1 aromatic heterocycles. The van der Waals surface area contributed by atoms with E-state index in [2.05, 4.69) is 10.3 Å². The Kier molecular flexibility index (Phi) is 3.89. The van der Waals surface area contributed by atoms with Gasteiger partial charge in [0.25, 0.3) is 0 Å². The average Bonchev–Trinajstić information content (AvgIpc) is 2.45. The van der Waals surface area contributed by atoms with E-state index < -0.39 is 11.7 Å². The number of halogens is 3. The Hall–Kier alpha value is -2.55. The van der Waals surface area contributed by atoms with E-state index in [0.29, 0.717) is 17.9 Å². The maximum absolute atomic E-state index is 12.4. The second-order valence-corrected chi connectivity index (χ2v) is 4.09. The molecule has 1 aromatic carbocycles. The molecule has 0 radical (unpaired) electrons. The second-order valence-electron chi connectivity index (χ2n) is 4.09. The van der Waals surface area contributed by atoms with Crippen LogP contribution >= 0.6 is 0 Å². The molecule has 0 amide bonds. The van der Waals surface area contributed by atoms with Gasteiger partial charge in [0.15, 0.2) is 0 Å². The third-order valence-electron chi connectivity index (χ3n) is 2.66. The van der Waals surface area contributed by atoms with Crippen molar-refractivity contribution in [3.63, 3.8) is 0 Å². The Morgan fingerprint density at radius 1 is 1.10 bits per heavy atom. The number of alkyl halides is 3. The van der Waals surface area contributed by atoms with Crippen LogP contribution in [-0.4, -0.2) is 4.98 Å². The minimum Gasteiger partial charge on any atom is -0.380 e. The van der Waals surface area contributed by atoms with Crippen LogP contribution in [0.15, 0.2) is 42.6 Å². The first kappa shape index (κ1) is 13.9. The Morgan fingerprint density at radius 2 is 1.80 bits per heavy atom. The molecule has 3 nitrogen and oxygen atoms in total. The van der Waals surface area contributed by atoms with Crippen LogP contribution in [0.25, 0.3) is 0 Å². The van der Waals surface area contributed by atoms with Crippen LogP contribution in [0.3, 0.4) is 0 Å². The van der Waals surface area contributed by atoms with Gasteiger partial charge in [-0.1, -0.05) is 12.1 Å². The highest BCUT2D eigenvalue weighted by Crippen LogP contribution is 2.29. The topological polar surface area (TPSA) is 48.7 Å². The predicted octanol–water partition coefficient (Wildman–Crippen LogP) is 3.58. The summed E-state index contributed by atoms with van der Waals surface area (Å²) >= 11 is 0. The molecule has 1 heterocycles. The zero-order chi connectivity index (χ0) is 14.6. The lowest BCUT2D eigenvalue weighted by molar-refractivity contribution is -0.137. The van der Waals surface area contributed by atoms with Gasteiger partial charge in [-0.3, -0.25) is 0 Å². The van der Waals surface area contributed by atoms with E-state index >= 15 is 0 Å². The molecule has 102 valence electrons. The fraction of sp³-hybridized carbons (Fsp3) is 0.143. The molecule has 0 saturated carbocycles. The van der Waals surface area contributed by atoms with Crippen molar-refractivity contribution in [2.24, 2.45) is 0 Å². The molecule has 0 aliphatic heterocycles. The van der Waals surface area contributed by atoms with E-state index in [-0.39, 0.29) is 0 Å². The van der Waals surface area contributed by atoms with Crippen LogP contribution < -0.4 is 5.32 Å². The lowest BCUT2D eigenvalue weighted by Crippen LogP contribution is -2.05. The monoisotopic (exact) mass is 277 g/mol. The maximum Gasteiger partial charge on any atom is 0.416 e. The Labute approximate surface area is 113 Å². The molecule has 1 N–H and O–H groups in total. The third kappa shape index (κ3) is 3.48. The SMILES string of the molecule is N#Cc1ccc(NCc2ccc(C(F)(F)F)cc2)cn1. The first-order valence-electron chi connectivity index (χ1n) is 5.75. The number of hydrogen-bond acceptors (Lipinski definition) is 3. The molecule has 2 aromatic rings. The summed E-state index contributed by atoms with van der Waals surface area (Å²) in [6.45, 7) is 0.381. The van der Waals surface area contributed by atoms with E-state index in [9.17, 15) is 13.2 Å². The van der Waals surface area contributed by atoms with Gasteiger partial charge in [0, 0.05) is 6.54 Å². The Balaban J connectivity index is 1.98. The summed E-state index contributed by atoms with van der Waals surface area (Å²) in [4.78, 5) is 3.88. The number of benzene rings is 1. The van der Waals surface area contributed by atoms with Crippen LogP contribution in [0.5, 0.6) is 0 Å². The number of nitrogens with one attached hydrogen (secondary N) is 1. The van der Waals surface area contributed by atoms with Crippen molar-refractivity contribution in [1.82, 2.24) is 4.98 Å². The molecule has 6 heteroatoms. The zero-order valence-electron chi connectivity index (χ0n) is 10.3. The highest BCUT2D eigenvalue weighted by atomic mass is 19.4. The standard InChI is InChI=1S/C14H10F3N3/c15-14(16,17)11-3-1-10(2-4-11)8-19-13-6-5-12(7-18)20-9-13/h1-6,9,19H,8H2. The van der Waals surface area contributed by atoms with Gasteiger partial charge in [0.05, 0.1) is 17.4 Å². The van der Waals surface area contributed by atoms with Gasteiger partial charge >= 0.3 is 6.18 Å². The van der Waals surface area contributed by atoms with Crippen molar-refractivity contribution in [2.75, 3.05) is 5.32 Å². The van der Waals surface area contributed by atoms with Crippen molar-refractivity contribution in [3.8, 4) is 6.07 Å². The van der Waals surface area contributed by atoms with Gasteiger partial charge in [-0.15, -0.1) is 0 Å². The minimum absolute atomic E-state index is 0.310. The van der Waals surface area contributed by atoms with E-state index in [4.69, 9.17) is 5.26 Å². The first-order valence-corrected chi connectivity index (χ1v) is 5.75. The van der Waals surface area contributed by atoms with Gasteiger partial charge in [0.1, 0.15) is 11.8 Å². The molecule has 2 rings (SSSR count). The summed E-state index contributed by atoms with van der Waals surface area (Å²) in [6.07, 6.45) is -2.81. The van der Waals surface area contributed by atoms with Crippen LogP contribution in [-0.2, 0) is 12.7 Å². The number of aromatic nitrogens is 1. The summed E-state index contributed by atoms with van der Waals surface area (Å²) < 4.78 is 37.2. The summed E-state index contributed by atoms with van der Waals surface area (Å²) in [5.74, 6) is 0. The molecule has 0 aliphatic carbocycles. The summed E-state index contributed by atoms with van der Waals surface area (Å²) in [5.41, 5.74) is 1.07. The molecular weight excluding hydrogens is 267 g/mol. The van der Waals surface area contributed by atoms with Gasteiger partial charge in [-0.05, 0) is 29.8 Å². The molecule has 0 spiro atoms. The number of hydrogen-bond donors (Lipinski definition) is 1. The smallest absolute Gasteiger partial charge is 0.380 e. The average molecular weight is 277 g/mol. The van der Waals surface area contributed by atoms with Gasteiger partial charge in [-0.2, -0.15) is 18.4 Å². The number of anilines is 1. The van der Waals surface area contributed by atoms with Gasteiger partial charge in [-0.25, -0.2) is 4.98 Å². The normalized spacial score (nSPS) is 10.9. The molecule has 0 aliphatic rings. The quantitative estimate of drug-likeness (QED) is 0.932. The fourth-order valence-corrected chi connectivity index (χ4v) is 1.58. The predicted molar refractivity (Wildman–Crippen MR) is 67.7 cm³/mol. The second kappa shape index (κ2) is 5.61. The lowest BCUT2D eigenvalue weighted by atomic mass is 10.1. The van der Waals surface area contributed by atoms with Crippen LogP contribution in [0.4, 0.5) is 18.9 Å². The maximum atomic E-state index is 12.4. The van der Waals surface area contributed by atoms with E-state index in [1.807, 2.05) is 6.07 Å². The Bertz CT molecular complexity index is 610. The van der Waals surface area contributed by atoms with E-state index in [1.165, 1.54) is 18.3 Å². The molecule has 0 unspecified atom stereocenters. The van der Waals surface area contributed by atoms with Crippen LogP contribution in [0.1, 0.15) is 16.8 Å². The van der Waals surface area contributed by atoms with Crippen LogP contribution in [0, 0.1) is 11.3 Å². The minimum atomic E-state index is -4.32. The molecule has 0 saturated heterocycles. The zero-order valence-corrected chi connectivity index (χ0v) is 10.3.